The molecule has 2 saturated heterocycles. The lowest BCUT2D eigenvalue weighted by atomic mass is 9.74. The second kappa shape index (κ2) is 9.68. The Balaban J connectivity index is 1.53. The van der Waals surface area contributed by atoms with Gasteiger partial charge in [0, 0.05) is 31.7 Å². The van der Waals surface area contributed by atoms with E-state index in [1.165, 1.54) is 16.4 Å². The topological polar surface area (TPSA) is 75.7 Å². The van der Waals surface area contributed by atoms with Crippen molar-refractivity contribution in [2.75, 3.05) is 26.3 Å². The predicted molar refractivity (Wildman–Crippen MR) is 119 cm³/mol. The van der Waals surface area contributed by atoms with Crippen LogP contribution in [0.25, 0.3) is 0 Å². The van der Waals surface area contributed by atoms with E-state index in [-0.39, 0.29) is 16.6 Å². The van der Waals surface area contributed by atoms with Crippen LogP contribution in [-0.2, 0) is 25.0 Å². The number of ether oxygens (including phenoxy) is 1. The van der Waals surface area contributed by atoms with Crippen LogP contribution in [0.2, 0.25) is 0 Å². The lowest BCUT2D eigenvalue weighted by Gasteiger charge is -2.39. The number of hydrogen-bond acceptors (Lipinski definition) is 4. The van der Waals surface area contributed by atoms with Crippen LogP contribution in [-0.4, -0.2) is 51.0 Å². The minimum absolute atomic E-state index is 0.195. The van der Waals surface area contributed by atoms with Gasteiger partial charge in [0.25, 0.3) is 0 Å². The number of benzene rings is 2. The number of piperidine rings is 1. The number of carbonyl (C=O) groups excluding carboxylic acids is 1. The first kappa shape index (κ1) is 22.9. The van der Waals surface area contributed by atoms with Crippen molar-refractivity contribution in [3.05, 3.63) is 66.0 Å². The molecule has 0 saturated carbocycles. The summed E-state index contributed by atoms with van der Waals surface area (Å²) in [6.45, 7) is 1.70. The third kappa shape index (κ3) is 4.72. The standard InChI is InChI=1S/C24H29FN2O4S/c25-20-8-6-7-19(17-20)24(12-15-31-16-13-24)18-26-23(28)22-11-4-5-14-27(22)32(29,30)21-9-2-1-3-10-21/h1-3,6-10,17,22H,4-5,11-16,18H2,(H,26,28). The molecule has 0 aliphatic carbocycles. The van der Waals surface area contributed by atoms with Gasteiger partial charge in [0.05, 0.1) is 4.90 Å². The van der Waals surface area contributed by atoms with Crippen molar-refractivity contribution in [1.82, 2.24) is 9.62 Å². The summed E-state index contributed by atoms with van der Waals surface area (Å²) < 4.78 is 47.2. The molecule has 2 fully saturated rings. The zero-order chi connectivity index (χ0) is 22.6. The van der Waals surface area contributed by atoms with Crippen LogP contribution >= 0.6 is 0 Å². The van der Waals surface area contributed by atoms with Gasteiger partial charge in [0.2, 0.25) is 15.9 Å². The Morgan fingerprint density at radius 3 is 2.56 bits per heavy atom. The summed E-state index contributed by atoms with van der Waals surface area (Å²) in [6.07, 6.45) is 3.32. The van der Waals surface area contributed by atoms with E-state index in [1.807, 2.05) is 6.07 Å². The number of nitrogens with zero attached hydrogens (tertiary/aromatic N) is 1. The summed E-state index contributed by atoms with van der Waals surface area (Å²) in [5.41, 5.74) is 0.395. The van der Waals surface area contributed by atoms with Crippen LogP contribution in [0.15, 0.2) is 59.5 Å². The molecule has 1 amide bonds. The first-order valence-electron chi connectivity index (χ1n) is 11.1. The highest BCUT2D eigenvalue weighted by atomic mass is 32.2. The van der Waals surface area contributed by atoms with E-state index >= 15 is 0 Å². The third-order valence-electron chi connectivity index (χ3n) is 6.59. The molecule has 6 nitrogen and oxygen atoms in total. The zero-order valence-electron chi connectivity index (χ0n) is 18.0. The summed E-state index contributed by atoms with van der Waals surface area (Å²) >= 11 is 0. The first-order chi connectivity index (χ1) is 15.4. The summed E-state index contributed by atoms with van der Waals surface area (Å²) in [6, 6.07) is 14.0. The highest BCUT2D eigenvalue weighted by Gasteiger charge is 2.40. The van der Waals surface area contributed by atoms with Gasteiger partial charge < -0.3 is 10.1 Å². The average molecular weight is 461 g/mol. The van der Waals surface area contributed by atoms with Gasteiger partial charge in [-0.05, 0) is 55.5 Å². The molecule has 0 aromatic heterocycles. The van der Waals surface area contributed by atoms with Crippen LogP contribution in [0.3, 0.4) is 0 Å². The minimum Gasteiger partial charge on any atom is -0.381 e. The van der Waals surface area contributed by atoms with Gasteiger partial charge in [-0.2, -0.15) is 4.31 Å². The lowest BCUT2D eigenvalue weighted by molar-refractivity contribution is -0.126. The molecule has 2 aliphatic heterocycles. The molecule has 8 heteroatoms. The molecule has 1 N–H and O–H groups in total. The van der Waals surface area contributed by atoms with Crippen molar-refractivity contribution in [3.63, 3.8) is 0 Å². The second-order valence-electron chi connectivity index (χ2n) is 8.56. The summed E-state index contributed by atoms with van der Waals surface area (Å²) in [5, 5.41) is 3.01. The number of hydrogen-bond donors (Lipinski definition) is 1. The number of halogens is 1. The largest absolute Gasteiger partial charge is 0.381 e. The molecule has 0 radical (unpaired) electrons. The van der Waals surface area contributed by atoms with Crippen molar-refractivity contribution in [3.8, 4) is 0 Å². The van der Waals surface area contributed by atoms with Crippen LogP contribution < -0.4 is 5.32 Å². The highest BCUT2D eigenvalue weighted by Crippen LogP contribution is 2.35. The molecule has 172 valence electrons. The Morgan fingerprint density at radius 1 is 1.09 bits per heavy atom. The van der Waals surface area contributed by atoms with Gasteiger partial charge in [0.15, 0.2) is 0 Å². The van der Waals surface area contributed by atoms with Crippen molar-refractivity contribution >= 4 is 15.9 Å². The van der Waals surface area contributed by atoms with Crippen molar-refractivity contribution < 1.29 is 22.3 Å². The second-order valence-corrected chi connectivity index (χ2v) is 10.5. The van der Waals surface area contributed by atoms with Gasteiger partial charge in [-0.15, -0.1) is 0 Å². The van der Waals surface area contributed by atoms with Gasteiger partial charge in [0.1, 0.15) is 11.9 Å². The van der Waals surface area contributed by atoms with E-state index in [0.717, 1.165) is 18.4 Å². The molecule has 2 aromatic rings. The Hall–Kier alpha value is -2.29. The number of nitrogens with one attached hydrogen (secondary N) is 1. The monoisotopic (exact) mass is 460 g/mol. The van der Waals surface area contributed by atoms with Gasteiger partial charge in [-0.25, -0.2) is 12.8 Å². The van der Waals surface area contributed by atoms with Crippen LogP contribution in [0.1, 0.15) is 37.7 Å². The maximum absolute atomic E-state index is 13.9. The van der Waals surface area contributed by atoms with E-state index in [0.29, 0.717) is 45.6 Å². The molecule has 1 atom stereocenters. The van der Waals surface area contributed by atoms with Crippen LogP contribution in [0, 0.1) is 5.82 Å². The Labute approximate surface area is 188 Å². The third-order valence-corrected chi connectivity index (χ3v) is 8.52. The van der Waals surface area contributed by atoms with E-state index in [4.69, 9.17) is 4.74 Å². The normalized spacial score (nSPS) is 21.7. The van der Waals surface area contributed by atoms with Gasteiger partial charge in [-0.3, -0.25) is 4.79 Å². The van der Waals surface area contributed by atoms with E-state index in [9.17, 15) is 17.6 Å². The SMILES string of the molecule is O=C(NCC1(c2cccc(F)c2)CCOCC1)C1CCCCN1S(=O)(=O)c1ccccc1. The Morgan fingerprint density at radius 2 is 1.84 bits per heavy atom. The fourth-order valence-corrected chi connectivity index (χ4v) is 6.38. The maximum Gasteiger partial charge on any atom is 0.243 e. The molecule has 0 bridgehead atoms. The maximum atomic E-state index is 13.9. The number of rotatable bonds is 6. The molecular formula is C24H29FN2O4S. The van der Waals surface area contributed by atoms with Crippen LogP contribution in [0.4, 0.5) is 4.39 Å². The molecule has 0 spiro atoms. The van der Waals surface area contributed by atoms with E-state index in [1.54, 1.807) is 36.4 Å². The molecule has 2 heterocycles. The predicted octanol–water partition coefficient (Wildman–Crippen LogP) is 3.23. The molecular weight excluding hydrogens is 431 g/mol. The smallest absolute Gasteiger partial charge is 0.243 e. The summed E-state index contributed by atoms with van der Waals surface area (Å²) in [7, 11) is -3.77. The fraction of sp³-hybridized carbons (Fsp3) is 0.458. The lowest BCUT2D eigenvalue weighted by Crippen LogP contribution is -2.54. The van der Waals surface area contributed by atoms with Crippen molar-refractivity contribution in [2.45, 2.75) is 48.5 Å². The van der Waals surface area contributed by atoms with E-state index < -0.39 is 21.5 Å². The molecule has 32 heavy (non-hydrogen) atoms. The molecule has 2 aromatic carbocycles. The number of carbonyl (C=O) groups is 1. The van der Waals surface area contributed by atoms with Crippen LogP contribution in [0.5, 0.6) is 0 Å². The number of amides is 1. The van der Waals surface area contributed by atoms with E-state index in [2.05, 4.69) is 5.32 Å². The Kier molecular flexibility index (Phi) is 6.93. The average Bonchev–Trinajstić information content (AvgIpc) is 2.84. The number of sulfonamides is 1. The van der Waals surface area contributed by atoms with Gasteiger partial charge in [-0.1, -0.05) is 36.8 Å². The molecule has 4 rings (SSSR count). The summed E-state index contributed by atoms with van der Waals surface area (Å²) in [5.74, 6) is -0.612. The minimum atomic E-state index is -3.77. The first-order valence-corrected chi connectivity index (χ1v) is 12.5. The highest BCUT2D eigenvalue weighted by molar-refractivity contribution is 7.89. The van der Waals surface area contributed by atoms with Crippen molar-refractivity contribution in [2.24, 2.45) is 0 Å². The molecule has 1 unspecified atom stereocenters. The quantitative estimate of drug-likeness (QED) is 0.718. The fourth-order valence-electron chi connectivity index (χ4n) is 4.70. The molecule has 2 aliphatic rings. The Bertz CT molecular complexity index is 1040. The summed E-state index contributed by atoms with van der Waals surface area (Å²) in [4.78, 5) is 13.4. The zero-order valence-corrected chi connectivity index (χ0v) is 18.8. The van der Waals surface area contributed by atoms with Crippen molar-refractivity contribution in [1.29, 1.82) is 0 Å². The van der Waals surface area contributed by atoms with Gasteiger partial charge >= 0.3 is 0 Å².